The lowest BCUT2D eigenvalue weighted by Gasteiger charge is -2.35. The van der Waals surface area contributed by atoms with Gasteiger partial charge < -0.3 is 44.3 Å². The van der Waals surface area contributed by atoms with E-state index in [0.717, 1.165) is 0 Å². The van der Waals surface area contributed by atoms with E-state index in [-0.39, 0.29) is 56.3 Å². The van der Waals surface area contributed by atoms with Crippen molar-refractivity contribution in [3.8, 4) is 11.5 Å². The van der Waals surface area contributed by atoms with E-state index < -0.39 is 36.5 Å². The van der Waals surface area contributed by atoms with Crippen LogP contribution in [-0.2, 0) is 44.8 Å². The number of ether oxygens (including phenoxy) is 5. The Morgan fingerprint density at radius 2 is 1.74 bits per heavy atom. The van der Waals surface area contributed by atoms with E-state index in [1.54, 1.807) is 12.1 Å². The molecular formula is C31H44N2O13. The van der Waals surface area contributed by atoms with Crippen LogP contribution in [0.1, 0.15) is 58.4 Å². The number of esters is 1. The molecule has 3 rings (SSSR count). The van der Waals surface area contributed by atoms with Gasteiger partial charge in [-0.3, -0.25) is 24.1 Å². The van der Waals surface area contributed by atoms with Crippen LogP contribution < -0.4 is 14.8 Å². The first kappa shape index (κ1) is 38.1. The van der Waals surface area contributed by atoms with Crippen molar-refractivity contribution in [2.75, 3.05) is 32.9 Å². The van der Waals surface area contributed by atoms with Gasteiger partial charge in [0.1, 0.15) is 30.8 Å². The average Bonchev–Trinajstić information content (AvgIpc) is 3.35. The number of nitrogens with zero attached hydrogens (tertiary/aromatic N) is 1. The van der Waals surface area contributed by atoms with Crippen LogP contribution >= 0.6 is 0 Å². The zero-order valence-electron chi connectivity index (χ0n) is 26.3. The van der Waals surface area contributed by atoms with Crippen molar-refractivity contribution in [2.24, 2.45) is 0 Å². The van der Waals surface area contributed by atoms with Crippen LogP contribution in [0, 0.1) is 0 Å². The van der Waals surface area contributed by atoms with Crippen LogP contribution in [0.2, 0.25) is 0 Å². The molecule has 0 aliphatic carbocycles. The molecule has 15 nitrogen and oxygen atoms in total. The number of carboxylic acids is 1. The number of imide groups is 1. The Kier molecular flexibility index (Phi) is 16.7. The third kappa shape index (κ3) is 12.7. The first-order chi connectivity index (χ1) is 22.0. The second-order valence-corrected chi connectivity index (χ2v) is 10.1. The molecule has 15 heteroatoms. The van der Waals surface area contributed by atoms with Gasteiger partial charge in [0.05, 0.1) is 19.3 Å². The summed E-state index contributed by atoms with van der Waals surface area (Å²) in [6.45, 7) is 6.28. The van der Waals surface area contributed by atoms with Gasteiger partial charge >= 0.3 is 11.9 Å². The number of amides is 3. The molecule has 2 aliphatic heterocycles. The number of carbonyl (C=O) groups excluding carboxylic acids is 4. The summed E-state index contributed by atoms with van der Waals surface area (Å²) in [6.07, 6.45) is -1.35. The van der Waals surface area contributed by atoms with E-state index in [4.69, 9.17) is 23.7 Å². The van der Waals surface area contributed by atoms with Gasteiger partial charge in [-0.15, -0.1) is 0 Å². The Morgan fingerprint density at radius 1 is 1.02 bits per heavy atom. The number of carboxylic acid groups (broad SMARTS) is 1. The second kappa shape index (κ2) is 20.2. The molecule has 3 unspecified atom stereocenters. The third-order valence-corrected chi connectivity index (χ3v) is 6.67. The van der Waals surface area contributed by atoms with Crippen LogP contribution in [0.3, 0.4) is 0 Å². The molecule has 0 saturated carbocycles. The summed E-state index contributed by atoms with van der Waals surface area (Å²) in [5, 5.41) is 32.4. The number of aliphatic carboxylic acids is 1. The van der Waals surface area contributed by atoms with Crippen LogP contribution in [0.4, 0.5) is 0 Å². The minimum atomic E-state index is -1.53. The number of aliphatic hydroxyl groups is 2. The minimum absolute atomic E-state index is 0.0877. The number of rotatable bonds is 18. The van der Waals surface area contributed by atoms with Gasteiger partial charge in [-0.25, -0.2) is 4.79 Å². The number of aliphatic hydroxyl groups excluding tert-OH is 2. The fraction of sp³-hybridized carbons (Fsp3) is 0.581. The van der Waals surface area contributed by atoms with Crippen molar-refractivity contribution >= 4 is 29.7 Å². The van der Waals surface area contributed by atoms with Gasteiger partial charge in [0.25, 0.3) is 11.8 Å². The van der Waals surface area contributed by atoms with E-state index in [1.807, 2.05) is 13.8 Å². The summed E-state index contributed by atoms with van der Waals surface area (Å²) in [5.74, 6) is -2.19. The SMILES string of the molecule is CC.CC(=O)OCc1ccc(OCCOCCNC(=O)CCCCCN2C(=O)C=CC2=O)cc1OC1OC(C(=O)O)CC(O)[C@H]1O. The molecule has 4 N–H and O–H groups in total. The van der Waals surface area contributed by atoms with Crippen LogP contribution in [0.5, 0.6) is 11.5 Å². The highest BCUT2D eigenvalue weighted by Crippen LogP contribution is 2.30. The summed E-state index contributed by atoms with van der Waals surface area (Å²) in [5.41, 5.74) is 0.386. The number of hydrogen-bond donors (Lipinski definition) is 4. The van der Waals surface area contributed by atoms with Crippen molar-refractivity contribution in [1.82, 2.24) is 10.2 Å². The third-order valence-electron chi connectivity index (χ3n) is 6.67. The standard InChI is InChI=1S/C29H38N2O13.C2H6/c1-18(32)42-17-19-6-7-20(15-22(19)43-29-27(37)21(33)16-23(44-29)28(38)39)41-14-13-40-12-10-30-24(34)5-3-2-4-11-31-25(35)8-9-26(31)36;1-2/h6-9,15,21,23,27,29,33,37H,2-5,10-14,16-17H2,1H3,(H,30,34)(H,38,39);1-2H3/t21?,23?,27-,29?;/m1./s1. The lowest BCUT2D eigenvalue weighted by Crippen LogP contribution is -2.52. The molecular weight excluding hydrogens is 608 g/mol. The molecule has 256 valence electrons. The van der Waals surface area contributed by atoms with Crippen LogP contribution in [0.15, 0.2) is 30.4 Å². The quantitative estimate of drug-likeness (QED) is 0.0996. The Morgan fingerprint density at radius 3 is 2.41 bits per heavy atom. The van der Waals surface area contributed by atoms with E-state index in [9.17, 15) is 39.3 Å². The van der Waals surface area contributed by atoms with Crippen LogP contribution in [-0.4, -0.2) is 107 Å². The molecule has 3 amide bonds. The molecule has 2 aliphatic rings. The molecule has 0 aromatic heterocycles. The summed E-state index contributed by atoms with van der Waals surface area (Å²) in [4.78, 5) is 58.8. The zero-order valence-corrected chi connectivity index (χ0v) is 26.3. The van der Waals surface area contributed by atoms with E-state index >= 15 is 0 Å². The highest BCUT2D eigenvalue weighted by Gasteiger charge is 2.41. The largest absolute Gasteiger partial charge is 0.491 e. The van der Waals surface area contributed by atoms with Gasteiger partial charge in [-0.05, 0) is 25.0 Å². The molecule has 0 radical (unpaired) electrons. The summed E-state index contributed by atoms with van der Waals surface area (Å²) < 4.78 is 27.2. The summed E-state index contributed by atoms with van der Waals surface area (Å²) >= 11 is 0. The maximum Gasteiger partial charge on any atom is 0.333 e. The highest BCUT2D eigenvalue weighted by molar-refractivity contribution is 6.12. The predicted octanol–water partition coefficient (Wildman–Crippen LogP) is 1.07. The topological polar surface area (TPSA) is 207 Å². The molecule has 0 bridgehead atoms. The molecule has 1 fully saturated rings. The van der Waals surface area contributed by atoms with Crippen molar-refractivity contribution in [3.63, 3.8) is 0 Å². The molecule has 46 heavy (non-hydrogen) atoms. The number of unbranched alkanes of at least 4 members (excludes halogenated alkanes) is 2. The summed E-state index contributed by atoms with van der Waals surface area (Å²) in [7, 11) is 0. The summed E-state index contributed by atoms with van der Waals surface area (Å²) in [6, 6.07) is 4.60. The van der Waals surface area contributed by atoms with Gasteiger partial charge in [-0.1, -0.05) is 20.3 Å². The number of benzene rings is 1. The van der Waals surface area contributed by atoms with Gasteiger partial charge in [0.15, 0.2) is 6.10 Å². The maximum atomic E-state index is 12.0. The molecule has 1 saturated heterocycles. The first-order valence-electron chi connectivity index (χ1n) is 15.2. The van der Waals surface area contributed by atoms with Gasteiger partial charge in [-0.2, -0.15) is 0 Å². The highest BCUT2D eigenvalue weighted by atomic mass is 16.7. The number of hydrogen-bond acceptors (Lipinski definition) is 12. The number of carbonyl (C=O) groups is 5. The molecule has 1 aromatic carbocycles. The van der Waals surface area contributed by atoms with E-state index in [1.165, 1.54) is 30.0 Å². The average molecular weight is 653 g/mol. The lowest BCUT2D eigenvalue weighted by molar-refractivity contribution is -0.238. The fourth-order valence-electron chi connectivity index (χ4n) is 4.31. The Balaban J connectivity index is 0.00000361. The molecule has 1 aromatic rings. The lowest BCUT2D eigenvalue weighted by atomic mass is 10.0. The first-order valence-corrected chi connectivity index (χ1v) is 15.2. The zero-order chi connectivity index (χ0) is 34.1. The van der Waals surface area contributed by atoms with Crippen molar-refractivity contribution < 1.29 is 63.0 Å². The van der Waals surface area contributed by atoms with Crippen molar-refractivity contribution in [2.45, 2.75) is 84.1 Å². The van der Waals surface area contributed by atoms with E-state index in [0.29, 0.717) is 50.1 Å². The van der Waals surface area contributed by atoms with Crippen LogP contribution in [0.25, 0.3) is 0 Å². The normalized spacial score (nSPS) is 20.5. The van der Waals surface area contributed by atoms with Gasteiger partial charge in [0.2, 0.25) is 12.2 Å². The Bertz CT molecular complexity index is 1190. The van der Waals surface area contributed by atoms with Crippen molar-refractivity contribution in [1.29, 1.82) is 0 Å². The van der Waals surface area contributed by atoms with Gasteiger partial charge in [0, 0.05) is 56.6 Å². The Hall–Kier alpha value is -4.05. The smallest absolute Gasteiger partial charge is 0.333 e. The Labute approximate surface area is 267 Å². The van der Waals surface area contributed by atoms with Crippen molar-refractivity contribution in [3.05, 3.63) is 35.9 Å². The molecule has 0 spiro atoms. The number of nitrogens with one attached hydrogen (secondary N) is 1. The predicted molar refractivity (Wildman–Crippen MR) is 160 cm³/mol. The van der Waals surface area contributed by atoms with E-state index in [2.05, 4.69) is 5.32 Å². The minimum Gasteiger partial charge on any atom is -0.491 e. The maximum absolute atomic E-state index is 12.0. The monoisotopic (exact) mass is 652 g/mol. The molecule has 2 heterocycles. The second-order valence-electron chi connectivity index (χ2n) is 10.1. The molecule has 4 atom stereocenters. The fourth-order valence-corrected chi connectivity index (χ4v) is 4.31.